The van der Waals surface area contributed by atoms with Crippen molar-refractivity contribution in [2.24, 2.45) is 0 Å². The number of carbonyl (C=O) groups excluding carboxylic acids is 1. The summed E-state index contributed by atoms with van der Waals surface area (Å²) < 4.78 is 10.5. The number of hydrogen-bond acceptors (Lipinski definition) is 4. The van der Waals surface area contributed by atoms with Crippen molar-refractivity contribution in [3.63, 3.8) is 0 Å². The molecular weight excluding hydrogens is 346 g/mol. The number of ether oxygens (including phenoxy) is 2. The third-order valence-electron chi connectivity index (χ3n) is 4.21. The van der Waals surface area contributed by atoms with Gasteiger partial charge in [-0.15, -0.1) is 0 Å². The van der Waals surface area contributed by atoms with Gasteiger partial charge in [0.2, 0.25) is 5.91 Å². The highest BCUT2D eigenvalue weighted by Crippen LogP contribution is 2.27. The summed E-state index contributed by atoms with van der Waals surface area (Å²) >= 11 is 0. The molecule has 0 aliphatic rings. The van der Waals surface area contributed by atoms with Crippen LogP contribution in [0.4, 0.5) is 0 Å². The topological polar surface area (TPSA) is 84.9 Å². The molecule has 0 aromatic heterocycles. The van der Waals surface area contributed by atoms with Crippen molar-refractivity contribution in [3.8, 4) is 11.5 Å². The molecule has 0 aliphatic carbocycles. The maximum Gasteiger partial charge on any atom is 0.303 e. The highest BCUT2D eigenvalue weighted by Gasteiger charge is 2.16. The van der Waals surface area contributed by atoms with Crippen LogP contribution in [-0.4, -0.2) is 37.2 Å². The van der Waals surface area contributed by atoms with E-state index in [9.17, 15) is 9.59 Å². The molecule has 0 saturated heterocycles. The molecule has 6 nitrogen and oxygen atoms in total. The zero-order valence-corrected chi connectivity index (χ0v) is 15.6. The van der Waals surface area contributed by atoms with Crippen LogP contribution in [0.5, 0.6) is 11.5 Å². The summed E-state index contributed by atoms with van der Waals surface area (Å²) in [6, 6.07) is 14.8. The highest BCUT2D eigenvalue weighted by atomic mass is 16.5. The van der Waals surface area contributed by atoms with E-state index in [4.69, 9.17) is 14.6 Å². The van der Waals surface area contributed by atoms with Crippen LogP contribution < -0.4 is 14.8 Å². The molecule has 0 fully saturated rings. The van der Waals surface area contributed by atoms with E-state index in [0.717, 1.165) is 11.1 Å². The fraction of sp³-hybridized carbons (Fsp3) is 0.333. The van der Waals surface area contributed by atoms with Crippen molar-refractivity contribution in [1.29, 1.82) is 0 Å². The fourth-order valence-corrected chi connectivity index (χ4v) is 2.88. The summed E-state index contributed by atoms with van der Waals surface area (Å²) in [6.45, 7) is 0. The number of hydrogen-bond donors (Lipinski definition) is 2. The molecule has 0 heterocycles. The SMILES string of the molecule is COc1ccc(CC(=O)NC(CCC(=O)O)Cc2ccccc2)cc1OC. The summed E-state index contributed by atoms with van der Waals surface area (Å²) in [4.78, 5) is 23.4. The third kappa shape index (κ3) is 6.66. The highest BCUT2D eigenvalue weighted by molar-refractivity contribution is 5.79. The molecule has 0 radical (unpaired) electrons. The van der Waals surface area contributed by atoms with E-state index >= 15 is 0 Å². The second-order valence-electron chi connectivity index (χ2n) is 6.25. The van der Waals surface area contributed by atoms with E-state index < -0.39 is 5.97 Å². The standard InChI is InChI=1S/C21H25NO5/c1-26-18-10-8-16(13-19(18)27-2)14-20(23)22-17(9-11-21(24)25)12-15-6-4-3-5-7-15/h3-8,10,13,17H,9,11-12,14H2,1-2H3,(H,22,23)(H,24,25). The number of benzene rings is 2. The Hall–Kier alpha value is -3.02. The molecule has 2 rings (SSSR count). The van der Waals surface area contributed by atoms with Gasteiger partial charge in [-0.25, -0.2) is 0 Å². The quantitative estimate of drug-likeness (QED) is 0.671. The molecule has 1 atom stereocenters. The Labute approximate surface area is 159 Å². The van der Waals surface area contributed by atoms with Crippen LogP contribution in [0, 0.1) is 0 Å². The summed E-state index contributed by atoms with van der Waals surface area (Å²) in [6.07, 6.45) is 1.15. The zero-order valence-electron chi connectivity index (χ0n) is 15.6. The number of nitrogens with one attached hydrogen (secondary N) is 1. The van der Waals surface area contributed by atoms with Gasteiger partial charge in [0.15, 0.2) is 11.5 Å². The molecule has 0 spiro atoms. The Balaban J connectivity index is 2.02. The first-order chi connectivity index (χ1) is 13.0. The van der Waals surface area contributed by atoms with Crippen LogP contribution in [0.1, 0.15) is 24.0 Å². The molecule has 0 saturated carbocycles. The first-order valence-corrected chi connectivity index (χ1v) is 8.77. The Morgan fingerprint density at radius 2 is 1.70 bits per heavy atom. The molecule has 2 aromatic rings. The molecule has 1 amide bonds. The van der Waals surface area contributed by atoms with E-state index in [2.05, 4.69) is 5.32 Å². The van der Waals surface area contributed by atoms with E-state index in [0.29, 0.717) is 24.3 Å². The van der Waals surface area contributed by atoms with Crippen molar-refractivity contribution in [1.82, 2.24) is 5.32 Å². The minimum absolute atomic E-state index is 0.00807. The van der Waals surface area contributed by atoms with Gasteiger partial charge in [-0.2, -0.15) is 0 Å². The number of methoxy groups -OCH3 is 2. The lowest BCUT2D eigenvalue weighted by molar-refractivity contribution is -0.137. The van der Waals surface area contributed by atoms with Crippen molar-refractivity contribution >= 4 is 11.9 Å². The Morgan fingerprint density at radius 3 is 2.33 bits per heavy atom. The summed E-state index contributed by atoms with van der Waals surface area (Å²) in [5.74, 6) is 0.135. The molecule has 144 valence electrons. The van der Waals surface area contributed by atoms with Gasteiger partial charge in [0.1, 0.15) is 0 Å². The number of carboxylic acids is 1. The molecule has 1 unspecified atom stereocenters. The molecule has 2 N–H and O–H groups in total. The van der Waals surface area contributed by atoms with Gasteiger partial charge >= 0.3 is 5.97 Å². The van der Waals surface area contributed by atoms with Crippen LogP contribution >= 0.6 is 0 Å². The second kappa shape index (κ2) is 10.2. The van der Waals surface area contributed by atoms with E-state index in [1.165, 1.54) is 0 Å². The fourth-order valence-electron chi connectivity index (χ4n) is 2.88. The minimum atomic E-state index is -0.873. The Kier molecular flexibility index (Phi) is 7.67. The van der Waals surface area contributed by atoms with Crippen molar-refractivity contribution in [2.75, 3.05) is 14.2 Å². The first kappa shape index (κ1) is 20.3. The molecule has 6 heteroatoms. The summed E-state index contributed by atoms with van der Waals surface area (Å²) in [5, 5.41) is 11.9. The number of carbonyl (C=O) groups is 2. The van der Waals surface area contributed by atoms with Gasteiger partial charge < -0.3 is 19.9 Å². The number of aliphatic carboxylic acids is 1. The van der Waals surface area contributed by atoms with Crippen LogP contribution in [0.3, 0.4) is 0 Å². The van der Waals surface area contributed by atoms with E-state index in [1.807, 2.05) is 36.4 Å². The molecule has 0 bridgehead atoms. The first-order valence-electron chi connectivity index (χ1n) is 8.77. The number of amides is 1. The van der Waals surface area contributed by atoms with E-state index in [-0.39, 0.29) is 24.8 Å². The Morgan fingerprint density at radius 1 is 1.00 bits per heavy atom. The monoisotopic (exact) mass is 371 g/mol. The second-order valence-corrected chi connectivity index (χ2v) is 6.25. The average Bonchev–Trinajstić information content (AvgIpc) is 2.66. The van der Waals surface area contributed by atoms with Gasteiger partial charge in [-0.3, -0.25) is 9.59 Å². The van der Waals surface area contributed by atoms with E-state index in [1.54, 1.807) is 26.4 Å². The minimum Gasteiger partial charge on any atom is -0.493 e. The van der Waals surface area contributed by atoms with Crippen molar-refractivity contribution in [2.45, 2.75) is 31.7 Å². The maximum atomic E-state index is 12.5. The molecule has 0 aliphatic heterocycles. The average molecular weight is 371 g/mol. The van der Waals surface area contributed by atoms with Gasteiger partial charge in [-0.05, 0) is 36.1 Å². The van der Waals surface area contributed by atoms with Gasteiger partial charge in [-0.1, -0.05) is 36.4 Å². The van der Waals surface area contributed by atoms with Gasteiger partial charge in [0, 0.05) is 12.5 Å². The predicted molar refractivity (Wildman–Crippen MR) is 102 cm³/mol. The lowest BCUT2D eigenvalue weighted by Crippen LogP contribution is -2.37. The Bertz CT molecular complexity index is 760. The lowest BCUT2D eigenvalue weighted by atomic mass is 10.0. The predicted octanol–water partition coefficient (Wildman–Crippen LogP) is 2.84. The molecule has 27 heavy (non-hydrogen) atoms. The van der Waals surface area contributed by atoms with Crippen molar-refractivity contribution in [3.05, 3.63) is 59.7 Å². The smallest absolute Gasteiger partial charge is 0.303 e. The molecule has 2 aromatic carbocycles. The third-order valence-corrected chi connectivity index (χ3v) is 4.21. The normalized spacial score (nSPS) is 11.5. The zero-order chi connectivity index (χ0) is 19.6. The summed E-state index contributed by atoms with van der Waals surface area (Å²) in [5.41, 5.74) is 1.85. The number of rotatable bonds is 10. The summed E-state index contributed by atoms with van der Waals surface area (Å²) in [7, 11) is 3.10. The van der Waals surface area contributed by atoms with Crippen molar-refractivity contribution < 1.29 is 24.2 Å². The maximum absolute atomic E-state index is 12.5. The largest absolute Gasteiger partial charge is 0.493 e. The van der Waals surface area contributed by atoms with Gasteiger partial charge in [0.05, 0.1) is 20.6 Å². The molecular formula is C21H25NO5. The van der Waals surface area contributed by atoms with Crippen LogP contribution in [0.2, 0.25) is 0 Å². The van der Waals surface area contributed by atoms with Crippen LogP contribution in [0.15, 0.2) is 48.5 Å². The van der Waals surface area contributed by atoms with Crippen LogP contribution in [-0.2, 0) is 22.4 Å². The lowest BCUT2D eigenvalue weighted by Gasteiger charge is -2.18. The van der Waals surface area contributed by atoms with Crippen LogP contribution in [0.25, 0.3) is 0 Å². The van der Waals surface area contributed by atoms with Gasteiger partial charge in [0.25, 0.3) is 0 Å². The number of carboxylic acid groups (broad SMARTS) is 1.